The van der Waals surface area contributed by atoms with Gasteiger partial charge in [-0.3, -0.25) is 4.79 Å². The van der Waals surface area contributed by atoms with Gasteiger partial charge >= 0.3 is 0 Å². The first-order valence-electron chi connectivity index (χ1n) is 3.25. The van der Waals surface area contributed by atoms with E-state index in [4.69, 9.17) is 0 Å². The smallest absolute Gasteiger partial charge is 0.167 e. The van der Waals surface area contributed by atoms with Gasteiger partial charge in [-0.05, 0) is 35.0 Å². The average Bonchev–Trinajstić information content (AvgIpc) is 1.97. The van der Waals surface area contributed by atoms with Crippen LogP contribution in [0, 0.1) is 0 Å². The van der Waals surface area contributed by atoms with Crippen molar-refractivity contribution in [2.75, 3.05) is 0 Å². The summed E-state index contributed by atoms with van der Waals surface area (Å²) in [6, 6.07) is 2.82. The lowest BCUT2D eigenvalue weighted by Crippen LogP contribution is -1.93. The number of phenols is 2. The molecule has 0 aliphatic heterocycles. The van der Waals surface area contributed by atoms with Crippen LogP contribution in [0.25, 0.3) is 0 Å². The van der Waals surface area contributed by atoms with Crippen molar-refractivity contribution in [3.63, 3.8) is 0 Å². The van der Waals surface area contributed by atoms with Crippen LogP contribution in [0.1, 0.15) is 17.3 Å². The average molecular weight is 231 g/mol. The molecule has 0 aliphatic carbocycles. The van der Waals surface area contributed by atoms with Crippen LogP contribution in [-0.2, 0) is 0 Å². The van der Waals surface area contributed by atoms with E-state index in [0.29, 0.717) is 4.47 Å². The van der Waals surface area contributed by atoms with E-state index in [1.165, 1.54) is 19.1 Å². The molecule has 3 nitrogen and oxygen atoms in total. The van der Waals surface area contributed by atoms with Crippen molar-refractivity contribution in [3.8, 4) is 11.5 Å². The third kappa shape index (κ3) is 1.43. The highest BCUT2D eigenvalue weighted by Gasteiger charge is 2.14. The standard InChI is InChI=1S/C8H7BrO3/c1-4(10)7-6(11)3-2-5(9)8(7)12/h2-3,11-12H,1H3. The Hall–Kier alpha value is -1.03. The molecule has 0 aliphatic rings. The van der Waals surface area contributed by atoms with Crippen molar-refractivity contribution in [2.45, 2.75) is 6.92 Å². The highest BCUT2D eigenvalue weighted by atomic mass is 79.9. The quantitative estimate of drug-likeness (QED) is 0.727. The van der Waals surface area contributed by atoms with Crippen LogP contribution in [0.5, 0.6) is 11.5 Å². The molecular formula is C8H7BrO3. The Morgan fingerprint density at radius 2 is 2.00 bits per heavy atom. The van der Waals surface area contributed by atoms with E-state index < -0.39 is 0 Å². The summed E-state index contributed by atoms with van der Waals surface area (Å²) in [6.45, 7) is 1.28. The second kappa shape index (κ2) is 3.15. The number of carbonyl (C=O) groups excluding carboxylic acids is 1. The van der Waals surface area contributed by atoms with Crippen molar-refractivity contribution < 1.29 is 15.0 Å². The summed E-state index contributed by atoms with van der Waals surface area (Å²) < 4.78 is 0.394. The molecule has 0 saturated carbocycles. The molecule has 0 aromatic heterocycles. The summed E-state index contributed by atoms with van der Waals surface area (Å²) in [5.41, 5.74) is -0.0515. The fourth-order valence-electron chi connectivity index (χ4n) is 0.902. The predicted octanol–water partition coefficient (Wildman–Crippen LogP) is 2.06. The summed E-state index contributed by atoms with van der Waals surface area (Å²) in [4.78, 5) is 10.9. The topological polar surface area (TPSA) is 57.5 Å². The largest absolute Gasteiger partial charge is 0.507 e. The highest BCUT2D eigenvalue weighted by molar-refractivity contribution is 9.10. The van der Waals surface area contributed by atoms with E-state index in [1.807, 2.05) is 0 Å². The van der Waals surface area contributed by atoms with E-state index in [2.05, 4.69) is 15.9 Å². The number of ketones is 1. The number of Topliss-reactive ketones (excluding diaryl/α,β-unsaturated/α-hetero) is 1. The fraction of sp³-hybridized carbons (Fsp3) is 0.125. The number of aromatic hydroxyl groups is 2. The first-order valence-corrected chi connectivity index (χ1v) is 4.04. The molecule has 0 amide bonds. The molecule has 1 aromatic carbocycles. The molecule has 0 saturated heterocycles. The van der Waals surface area contributed by atoms with Crippen LogP contribution in [0.15, 0.2) is 16.6 Å². The molecule has 4 heteroatoms. The minimum atomic E-state index is -0.369. The van der Waals surface area contributed by atoms with Gasteiger partial charge in [-0.2, -0.15) is 0 Å². The number of hydrogen-bond acceptors (Lipinski definition) is 3. The van der Waals surface area contributed by atoms with Crippen LogP contribution in [0.2, 0.25) is 0 Å². The lowest BCUT2D eigenvalue weighted by molar-refractivity contribution is 0.101. The van der Waals surface area contributed by atoms with Gasteiger partial charge < -0.3 is 10.2 Å². The Bertz CT molecular complexity index is 333. The Kier molecular flexibility index (Phi) is 2.38. The minimum absolute atomic E-state index is 0.0515. The van der Waals surface area contributed by atoms with Crippen LogP contribution in [0.3, 0.4) is 0 Å². The summed E-state index contributed by atoms with van der Waals surface area (Å²) in [6.07, 6.45) is 0. The van der Waals surface area contributed by atoms with Crippen molar-refractivity contribution in [3.05, 3.63) is 22.2 Å². The lowest BCUT2D eigenvalue weighted by Gasteiger charge is -2.04. The third-order valence-electron chi connectivity index (χ3n) is 1.46. The Labute approximate surface area is 77.8 Å². The molecule has 0 unspecified atom stereocenters. The van der Waals surface area contributed by atoms with Crippen molar-refractivity contribution >= 4 is 21.7 Å². The first kappa shape index (κ1) is 9.06. The van der Waals surface area contributed by atoms with Gasteiger partial charge in [0.2, 0.25) is 0 Å². The van der Waals surface area contributed by atoms with E-state index in [0.717, 1.165) is 0 Å². The van der Waals surface area contributed by atoms with E-state index >= 15 is 0 Å². The second-order valence-electron chi connectivity index (χ2n) is 2.35. The number of halogens is 1. The second-order valence-corrected chi connectivity index (χ2v) is 3.20. The third-order valence-corrected chi connectivity index (χ3v) is 2.10. The first-order chi connectivity index (χ1) is 5.54. The summed E-state index contributed by atoms with van der Waals surface area (Å²) in [5.74, 6) is -0.794. The molecule has 0 fully saturated rings. The van der Waals surface area contributed by atoms with Crippen molar-refractivity contribution in [1.29, 1.82) is 0 Å². The maximum absolute atomic E-state index is 10.9. The van der Waals surface area contributed by atoms with Gasteiger partial charge in [-0.15, -0.1) is 0 Å². The Morgan fingerprint density at radius 3 is 2.42 bits per heavy atom. The van der Waals surface area contributed by atoms with Crippen LogP contribution in [-0.4, -0.2) is 16.0 Å². The Balaban J connectivity index is 3.43. The number of hydrogen-bond donors (Lipinski definition) is 2. The molecular weight excluding hydrogens is 224 g/mol. The molecule has 1 aromatic rings. The zero-order valence-corrected chi connectivity index (χ0v) is 7.92. The molecule has 0 heterocycles. The number of phenolic OH excluding ortho intramolecular Hbond substituents is 2. The van der Waals surface area contributed by atoms with Crippen molar-refractivity contribution in [2.24, 2.45) is 0 Å². The monoisotopic (exact) mass is 230 g/mol. The highest BCUT2D eigenvalue weighted by Crippen LogP contribution is 2.33. The van der Waals surface area contributed by atoms with Crippen LogP contribution in [0.4, 0.5) is 0 Å². The molecule has 0 radical (unpaired) electrons. The van der Waals surface area contributed by atoms with Gasteiger partial charge in [-0.25, -0.2) is 0 Å². The fourth-order valence-corrected chi connectivity index (χ4v) is 1.23. The summed E-state index contributed by atoms with van der Waals surface area (Å²) in [5, 5.41) is 18.5. The molecule has 0 bridgehead atoms. The zero-order chi connectivity index (χ0) is 9.30. The molecule has 12 heavy (non-hydrogen) atoms. The normalized spacial score (nSPS) is 9.83. The maximum Gasteiger partial charge on any atom is 0.167 e. The van der Waals surface area contributed by atoms with Gasteiger partial charge in [0, 0.05) is 0 Å². The molecule has 0 spiro atoms. The molecule has 1 rings (SSSR count). The van der Waals surface area contributed by atoms with E-state index in [9.17, 15) is 15.0 Å². The summed E-state index contributed by atoms with van der Waals surface area (Å²) >= 11 is 3.04. The van der Waals surface area contributed by atoms with Gasteiger partial charge in [0.15, 0.2) is 5.78 Å². The maximum atomic E-state index is 10.9. The van der Waals surface area contributed by atoms with Crippen LogP contribution < -0.4 is 0 Å². The predicted molar refractivity (Wildman–Crippen MR) is 47.5 cm³/mol. The Morgan fingerprint density at radius 1 is 1.42 bits per heavy atom. The molecule has 64 valence electrons. The summed E-state index contributed by atoms with van der Waals surface area (Å²) in [7, 11) is 0. The van der Waals surface area contributed by atoms with Gasteiger partial charge in [0.25, 0.3) is 0 Å². The minimum Gasteiger partial charge on any atom is -0.507 e. The van der Waals surface area contributed by atoms with Gasteiger partial charge in [0.05, 0.1) is 4.47 Å². The van der Waals surface area contributed by atoms with Gasteiger partial charge in [0.1, 0.15) is 17.1 Å². The number of benzene rings is 1. The lowest BCUT2D eigenvalue weighted by atomic mass is 10.1. The van der Waals surface area contributed by atoms with Gasteiger partial charge in [-0.1, -0.05) is 0 Å². The molecule has 2 N–H and O–H groups in total. The SMILES string of the molecule is CC(=O)c1c(O)ccc(Br)c1O. The molecule has 0 atom stereocenters. The number of carbonyl (C=O) groups is 1. The van der Waals surface area contributed by atoms with Crippen LogP contribution >= 0.6 is 15.9 Å². The van der Waals surface area contributed by atoms with E-state index in [1.54, 1.807) is 0 Å². The zero-order valence-electron chi connectivity index (χ0n) is 6.34. The van der Waals surface area contributed by atoms with Crippen molar-refractivity contribution in [1.82, 2.24) is 0 Å². The number of rotatable bonds is 1. The van der Waals surface area contributed by atoms with E-state index in [-0.39, 0.29) is 22.8 Å².